The molecule has 0 aromatic heterocycles. The summed E-state index contributed by atoms with van der Waals surface area (Å²) in [4.78, 5) is 29.1. The van der Waals surface area contributed by atoms with E-state index in [9.17, 15) is 14.4 Å². The number of carboxylic acid groups (broad SMARTS) is 3. The summed E-state index contributed by atoms with van der Waals surface area (Å²) in [5, 5.41) is 23.9. The van der Waals surface area contributed by atoms with Gasteiger partial charge in [0, 0.05) is 12.2 Å². The Morgan fingerprint density at radius 3 is 1.71 bits per heavy atom. The highest BCUT2D eigenvalue weighted by Gasteiger charge is 2.08. The van der Waals surface area contributed by atoms with Crippen molar-refractivity contribution < 1.29 is 29.7 Å². The van der Waals surface area contributed by atoms with E-state index in [2.05, 4.69) is 0 Å². The average Bonchev–Trinajstić information content (AvgIpc) is 2.23. The van der Waals surface area contributed by atoms with Crippen LogP contribution >= 0.6 is 0 Å². The minimum absolute atomic E-state index is 0.464. The molecule has 0 aliphatic carbocycles. The summed E-state index contributed by atoms with van der Waals surface area (Å²) >= 11 is 0. The second kappa shape index (κ2) is 10.6. The molecule has 0 aliphatic rings. The lowest BCUT2D eigenvalue weighted by atomic mass is 10.2. The number of hydrogen-bond acceptors (Lipinski definition) is 5. The fourth-order valence-corrected chi connectivity index (χ4v) is 0.604. The van der Waals surface area contributed by atoms with Crippen LogP contribution in [0.2, 0.25) is 0 Å². The minimum Gasteiger partial charge on any atom is -0.480 e. The van der Waals surface area contributed by atoms with Crippen LogP contribution in [0.1, 0.15) is 12.8 Å². The Hall–Kier alpha value is -1.93. The standard InChI is InChI=1S/C5H12N2O2.C4H4O4/c6-3-1-2-4(7)5(8)9;5-3(6)1-2-4(7)8/h4H,1-3,6-7H2,(H,8,9);1-2H,(H,5,6)(H,7,8)/b;2-1+. The molecule has 0 spiro atoms. The molecule has 1 atom stereocenters. The monoisotopic (exact) mass is 248 g/mol. The Kier molecular flexibility index (Phi) is 10.9. The van der Waals surface area contributed by atoms with Gasteiger partial charge in [-0.05, 0) is 19.4 Å². The van der Waals surface area contributed by atoms with E-state index < -0.39 is 23.9 Å². The quantitative estimate of drug-likeness (QED) is 0.367. The van der Waals surface area contributed by atoms with E-state index in [4.69, 9.17) is 26.8 Å². The Morgan fingerprint density at radius 1 is 1.06 bits per heavy atom. The number of nitrogens with two attached hydrogens (primary N) is 2. The van der Waals surface area contributed by atoms with Gasteiger partial charge < -0.3 is 26.8 Å². The Labute approximate surface area is 97.5 Å². The third-order valence-corrected chi connectivity index (χ3v) is 1.40. The third kappa shape index (κ3) is 16.7. The molecular weight excluding hydrogens is 232 g/mol. The predicted octanol–water partition coefficient (Wildman–Crippen LogP) is -1.15. The highest BCUT2D eigenvalue weighted by molar-refractivity contribution is 5.89. The van der Waals surface area contributed by atoms with Gasteiger partial charge in [-0.2, -0.15) is 0 Å². The van der Waals surface area contributed by atoms with Crippen molar-refractivity contribution in [1.29, 1.82) is 0 Å². The summed E-state index contributed by atoms with van der Waals surface area (Å²) < 4.78 is 0. The zero-order valence-electron chi connectivity index (χ0n) is 9.07. The van der Waals surface area contributed by atoms with Crippen LogP contribution in [0.4, 0.5) is 0 Å². The van der Waals surface area contributed by atoms with Crippen LogP contribution in [0.25, 0.3) is 0 Å². The van der Waals surface area contributed by atoms with Gasteiger partial charge in [0.1, 0.15) is 6.04 Å². The van der Waals surface area contributed by atoms with Gasteiger partial charge in [-0.3, -0.25) is 4.79 Å². The third-order valence-electron chi connectivity index (χ3n) is 1.40. The lowest BCUT2D eigenvalue weighted by Gasteiger charge is -2.02. The van der Waals surface area contributed by atoms with Gasteiger partial charge in [0.25, 0.3) is 0 Å². The van der Waals surface area contributed by atoms with Crippen LogP contribution < -0.4 is 11.5 Å². The van der Waals surface area contributed by atoms with E-state index in [1.165, 1.54) is 0 Å². The molecule has 0 bridgehead atoms. The SMILES string of the molecule is NCCCC(N)C(=O)O.O=C(O)/C=C/C(=O)O. The number of rotatable bonds is 6. The number of carboxylic acids is 3. The van der Waals surface area contributed by atoms with E-state index in [1.807, 2.05) is 0 Å². The van der Waals surface area contributed by atoms with E-state index in [1.54, 1.807) is 0 Å². The molecular formula is C9H16N2O6. The Morgan fingerprint density at radius 2 is 1.47 bits per heavy atom. The highest BCUT2D eigenvalue weighted by Crippen LogP contribution is 1.91. The van der Waals surface area contributed by atoms with Gasteiger partial charge >= 0.3 is 17.9 Å². The second-order valence-corrected chi connectivity index (χ2v) is 2.89. The minimum atomic E-state index is -1.26. The molecule has 0 aliphatic heterocycles. The first-order valence-corrected chi connectivity index (χ1v) is 4.63. The van der Waals surface area contributed by atoms with E-state index in [0.29, 0.717) is 31.5 Å². The maximum absolute atomic E-state index is 10.0. The van der Waals surface area contributed by atoms with Crippen molar-refractivity contribution in [3.8, 4) is 0 Å². The van der Waals surface area contributed by atoms with Crippen molar-refractivity contribution in [2.75, 3.05) is 6.54 Å². The van der Waals surface area contributed by atoms with Gasteiger partial charge in [0.15, 0.2) is 0 Å². The van der Waals surface area contributed by atoms with Crippen molar-refractivity contribution >= 4 is 17.9 Å². The van der Waals surface area contributed by atoms with Gasteiger partial charge in [-0.25, -0.2) is 9.59 Å². The van der Waals surface area contributed by atoms with Crippen molar-refractivity contribution in [1.82, 2.24) is 0 Å². The Balaban J connectivity index is 0. The molecule has 0 aromatic carbocycles. The summed E-state index contributed by atoms with van der Waals surface area (Å²) in [7, 11) is 0. The average molecular weight is 248 g/mol. The van der Waals surface area contributed by atoms with E-state index >= 15 is 0 Å². The largest absolute Gasteiger partial charge is 0.480 e. The number of carbonyl (C=O) groups is 3. The molecule has 0 saturated heterocycles. The lowest BCUT2D eigenvalue weighted by Crippen LogP contribution is -2.30. The maximum Gasteiger partial charge on any atom is 0.328 e. The smallest absolute Gasteiger partial charge is 0.328 e. The molecule has 0 heterocycles. The summed E-state index contributed by atoms with van der Waals surface area (Å²) in [6, 6.07) is -0.742. The van der Waals surface area contributed by atoms with Crippen LogP contribution in [0.3, 0.4) is 0 Å². The van der Waals surface area contributed by atoms with Crippen LogP contribution in [0, 0.1) is 0 Å². The summed E-state index contributed by atoms with van der Waals surface area (Å²) in [6.07, 6.45) is 2.25. The highest BCUT2D eigenvalue weighted by atomic mass is 16.4. The molecule has 0 saturated carbocycles. The van der Waals surface area contributed by atoms with Crippen LogP contribution in [-0.2, 0) is 14.4 Å². The fourth-order valence-electron chi connectivity index (χ4n) is 0.604. The molecule has 8 nitrogen and oxygen atoms in total. The molecule has 17 heavy (non-hydrogen) atoms. The predicted molar refractivity (Wildman–Crippen MR) is 58.3 cm³/mol. The molecule has 0 rings (SSSR count). The van der Waals surface area contributed by atoms with Gasteiger partial charge in [-0.1, -0.05) is 0 Å². The van der Waals surface area contributed by atoms with Crippen molar-refractivity contribution in [3.63, 3.8) is 0 Å². The lowest BCUT2D eigenvalue weighted by molar-refractivity contribution is -0.138. The van der Waals surface area contributed by atoms with Crippen molar-refractivity contribution in [3.05, 3.63) is 12.2 Å². The molecule has 98 valence electrons. The Bertz CT molecular complexity index is 273. The topological polar surface area (TPSA) is 164 Å². The van der Waals surface area contributed by atoms with Gasteiger partial charge in [-0.15, -0.1) is 0 Å². The molecule has 0 amide bonds. The number of aliphatic carboxylic acids is 3. The molecule has 7 N–H and O–H groups in total. The number of hydrogen-bond donors (Lipinski definition) is 5. The normalized spacial score (nSPS) is 11.4. The van der Waals surface area contributed by atoms with Crippen molar-refractivity contribution in [2.45, 2.75) is 18.9 Å². The molecule has 0 fully saturated rings. The first-order valence-electron chi connectivity index (χ1n) is 4.63. The van der Waals surface area contributed by atoms with Crippen LogP contribution in [0.5, 0.6) is 0 Å². The van der Waals surface area contributed by atoms with Gasteiger partial charge in [0.05, 0.1) is 0 Å². The second-order valence-electron chi connectivity index (χ2n) is 2.89. The van der Waals surface area contributed by atoms with Crippen LogP contribution in [-0.4, -0.2) is 45.8 Å². The molecule has 8 heteroatoms. The molecule has 0 radical (unpaired) electrons. The van der Waals surface area contributed by atoms with Crippen LogP contribution in [0.15, 0.2) is 12.2 Å². The fraction of sp³-hybridized carbons (Fsp3) is 0.444. The summed E-state index contributed by atoms with van der Waals surface area (Å²) in [5.74, 6) is -3.47. The molecule has 1 unspecified atom stereocenters. The molecule has 0 aromatic rings. The first kappa shape index (κ1) is 17.5. The zero-order valence-corrected chi connectivity index (χ0v) is 9.07. The van der Waals surface area contributed by atoms with Gasteiger partial charge in [0.2, 0.25) is 0 Å². The van der Waals surface area contributed by atoms with Crippen molar-refractivity contribution in [2.24, 2.45) is 11.5 Å². The zero-order chi connectivity index (χ0) is 13.8. The summed E-state index contributed by atoms with van der Waals surface area (Å²) in [6.45, 7) is 0.501. The maximum atomic E-state index is 10.0. The van der Waals surface area contributed by atoms with E-state index in [0.717, 1.165) is 0 Å². The summed E-state index contributed by atoms with van der Waals surface area (Å²) in [5.41, 5.74) is 10.3. The van der Waals surface area contributed by atoms with E-state index in [-0.39, 0.29) is 0 Å². The first-order chi connectivity index (χ1) is 7.81.